The summed E-state index contributed by atoms with van der Waals surface area (Å²) in [5.41, 5.74) is 0.265. The Morgan fingerprint density at radius 1 is 1.14 bits per heavy atom. The predicted octanol–water partition coefficient (Wildman–Crippen LogP) is 0.0957. The number of nitrogens with one attached hydrogen (secondary N) is 2. The number of carboxylic acid groups (broad SMARTS) is 2. The van der Waals surface area contributed by atoms with Gasteiger partial charge < -0.3 is 30.9 Å². The van der Waals surface area contributed by atoms with Crippen LogP contribution in [0.2, 0.25) is 0 Å². The fourth-order valence-electron chi connectivity index (χ4n) is 2.73. The molecule has 9 nitrogen and oxygen atoms in total. The van der Waals surface area contributed by atoms with E-state index in [0.29, 0.717) is 19.5 Å². The Labute approximate surface area is 165 Å². The lowest BCUT2D eigenvalue weighted by Crippen LogP contribution is -2.62. The van der Waals surface area contributed by atoms with E-state index in [0.717, 1.165) is 26.0 Å². The fourth-order valence-corrected chi connectivity index (χ4v) is 2.73. The molecule has 0 radical (unpaired) electrons. The first-order valence-electron chi connectivity index (χ1n) is 8.80. The minimum absolute atomic E-state index is 0.0696. The zero-order valence-corrected chi connectivity index (χ0v) is 16.8. The van der Waals surface area contributed by atoms with Crippen LogP contribution in [0.25, 0.3) is 0 Å². The van der Waals surface area contributed by atoms with E-state index >= 15 is 0 Å². The molecule has 1 aromatic rings. The standard InChI is InChI=1S/C15H23N3O2.2C2H4O2/c1-18(2)11-14(20)17-15(8-9-16-10-13(15)19)12-6-4-3-5-7-12;2*1-2(3)4/h3-7,13,16,19H,8-11H2,1-2H3,(H,17,20);2*1H3,(H,3,4)/t13-,15+;;/m1../s1. The highest BCUT2D eigenvalue weighted by Gasteiger charge is 2.42. The van der Waals surface area contributed by atoms with Crippen molar-refractivity contribution in [3.8, 4) is 0 Å². The molecule has 5 N–H and O–H groups in total. The van der Waals surface area contributed by atoms with Gasteiger partial charge in [0.25, 0.3) is 11.9 Å². The van der Waals surface area contributed by atoms with E-state index in [4.69, 9.17) is 19.8 Å². The maximum atomic E-state index is 12.2. The van der Waals surface area contributed by atoms with Gasteiger partial charge in [-0.1, -0.05) is 30.3 Å². The van der Waals surface area contributed by atoms with E-state index in [1.54, 1.807) is 0 Å². The monoisotopic (exact) mass is 397 g/mol. The highest BCUT2D eigenvalue weighted by Crippen LogP contribution is 2.30. The first-order chi connectivity index (χ1) is 13.0. The van der Waals surface area contributed by atoms with Crippen molar-refractivity contribution in [3.63, 3.8) is 0 Å². The number of hydrogen-bond acceptors (Lipinski definition) is 6. The lowest BCUT2D eigenvalue weighted by molar-refractivity contribution is -0.135. The van der Waals surface area contributed by atoms with Gasteiger partial charge >= 0.3 is 0 Å². The number of aliphatic hydroxyl groups is 1. The van der Waals surface area contributed by atoms with Crippen molar-refractivity contribution in [2.45, 2.75) is 31.9 Å². The highest BCUT2D eigenvalue weighted by atomic mass is 16.4. The number of hydrogen-bond donors (Lipinski definition) is 5. The number of rotatable bonds is 4. The Morgan fingerprint density at radius 3 is 2.07 bits per heavy atom. The topological polar surface area (TPSA) is 139 Å². The average Bonchev–Trinajstić information content (AvgIpc) is 2.56. The molecule has 1 fully saturated rings. The summed E-state index contributed by atoms with van der Waals surface area (Å²) < 4.78 is 0. The molecule has 1 heterocycles. The van der Waals surface area contributed by atoms with Crippen molar-refractivity contribution in [2.24, 2.45) is 0 Å². The third-order valence-corrected chi connectivity index (χ3v) is 3.71. The summed E-state index contributed by atoms with van der Waals surface area (Å²) in [6.07, 6.45) is 0.0434. The van der Waals surface area contributed by atoms with E-state index in [9.17, 15) is 9.90 Å². The molecule has 0 spiro atoms. The average molecular weight is 397 g/mol. The molecule has 1 aromatic carbocycles. The normalized spacial score (nSPS) is 20.7. The van der Waals surface area contributed by atoms with Crippen molar-refractivity contribution in [3.05, 3.63) is 35.9 Å². The van der Waals surface area contributed by atoms with Crippen LogP contribution in [0.4, 0.5) is 0 Å². The number of amides is 1. The summed E-state index contributed by atoms with van der Waals surface area (Å²) in [6.45, 7) is 3.74. The summed E-state index contributed by atoms with van der Waals surface area (Å²) >= 11 is 0. The molecule has 1 aliphatic heterocycles. The number of aliphatic carboxylic acids is 2. The minimum Gasteiger partial charge on any atom is -0.481 e. The lowest BCUT2D eigenvalue weighted by Gasteiger charge is -2.43. The highest BCUT2D eigenvalue weighted by molar-refractivity contribution is 5.79. The summed E-state index contributed by atoms with van der Waals surface area (Å²) in [5.74, 6) is -1.74. The molecule has 0 unspecified atom stereocenters. The van der Waals surface area contributed by atoms with Crippen LogP contribution in [0, 0.1) is 0 Å². The molecule has 28 heavy (non-hydrogen) atoms. The van der Waals surface area contributed by atoms with Crippen LogP contribution in [0.5, 0.6) is 0 Å². The second kappa shape index (κ2) is 12.8. The van der Waals surface area contributed by atoms with Gasteiger partial charge in [0.15, 0.2) is 0 Å². The second-order valence-electron chi connectivity index (χ2n) is 6.63. The predicted molar refractivity (Wildman–Crippen MR) is 105 cm³/mol. The molecule has 2 rings (SSSR count). The number of carboxylic acids is 2. The first-order valence-corrected chi connectivity index (χ1v) is 8.80. The first kappa shape index (κ1) is 25.5. The van der Waals surface area contributed by atoms with Gasteiger partial charge in [0.05, 0.1) is 18.2 Å². The number of carbonyl (C=O) groups excluding carboxylic acids is 1. The van der Waals surface area contributed by atoms with Crippen molar-refractivity contribution >= 4 is 17.8 Å². The van der Waals surface area contributed by atoms with Crippen LogP contribution in [-0.4, -0.2) is 77.9 Å². The van der Waals surface area contributed by atoms with Crippen LogP contribution < -0.4 is 10.6 Å². The van der Waals surface area contributed by atoms with Crippen molar-refractivity contribution in [2.75, 3.05) is 33.7 Å². The number of likely N-dealkylation sites (N-methyl/N-ethyl adjacent to an activating group) is 1. The zero-order valence-electron chi connectivity index (χ0n) is 16.8. The van der Waals surface area contributed by atoms with Gasteiger partial charge in [-0.2, -0.15) is 0 Å². The molecular weight excluding hydrogens is 366 g/mol. The number of aliphatic hydroxyl groups excluding tert-OH is 1. The second-order valence-corrected chi connectivity index (χ2v) is 6.63. The largest absolute Gasteiger partial charge is 0.481 e. The van der Waals surface area contributed by atoms with E-state index in [2.05, 4.69) is 10.6 Å². The molecule has 0 aliphatic carbocycles. The molecule has 0 aromatic heterocycles. The molecule has 1 aliphatic rings. The number of carbonyl (C=O) groups is 3. The maximum absolute atomic E-state index is 12.2. The molecular formula is C19H31N3O6. The van der Waals surface area contributed by atoms with Crippen LogP contribution in [0.1, 0.15) is 25.8 Å². The number of benzene rings is 1. The van der Waals surface area contributed by atoms with Crippen LogP contribution in [0.15, 0.2) is 30.3 Å². The molecule has 158 valence electrons. The summed E-state index contributed by atoms with van der Waals surface area (Å²) in [7, 11) is 3.71. The van der Waals surface area contributed by atoms with Gasteiger partial charge in [-0.25, -0.2) is 0 Å². The molecule has 2 atom stereocenters. The minimum atomic E-state index is -0.833. The van der Waals surface area contributed by atoms with Crippen LogP contribution >= 0.6 is 0 Å². The van der Waals surface area contributed by atoms with Crippen LogP contribution in [-0.2, 0) is 19.9 Å². The molecule has 0 bridgehead atoms. The molecule has 9 heteroatoms. The van der Waals surface area contributed by atoms with E-state index < -0.39 is 23.6 Å². The third-order valence-electron chi connectivity index (χ3n) is 3.71. The van der Waals surface area contributed by atoms with Crippen molar-refractivity contribution < 1.29 is 29.7 Å². The summed E-state index contributed by atoms with van der Waals surface area (Å²) in [6, 6.07) is 9.73. The van der Waals surface area contributed by atoms with Gasteiger partial charge in [0, 0.05) is 20.4 Å². The van der Waals surface area contributed by atoms with E-state index in [-0.39, 0.29) is 5.91 Å². The van der Waals surface area contributed by atoms with Crippen molar-refractivity contribution in [1.29, 1.82) is 0 Å². The van der Waals surface area contributed by atoms with Gasteiger partial charge in [0.1, 0.15) is 0 Å². The van der Waals surface area contributed by atoms with Gasteiger partial charge in [-0.15, -0.1) is 0 Å². The smallest absolute Gasteiger partial charge is 0.300 e. The zero-order chi connectivity index (χ0) is 21.7. The lowest BCUT2D eigenvalue weighted by atomic mass is 9.79. The Bertz CT molecular complexity index is 603. The van der Waals surface area contributed by atoms with Gasteiger partial charge in [-0.05, 0) is 32.6 Å². The number of nitrogens with zero attached hydrogens (tertiary/aromatic N) is 1. The number of β-amino-alcohol motifs (C(OH)–C–C–N with tert-alkyl or cyclic N) is 1. The fraction of sp³-hybridized carbons (Fsp3) is 0.526. The Kier molecular flexibility index (Phi) is 11.7. The van der Waals surface area contributed by atoms with Crippen LogP contribution in [0.3, 0.4) is 0 Å². The van der Waals surface area contributed by atoms with Gasteiger partial charge in [0.2, 0.25) is 5.91 Å². The summed E-state index contributed by atoms with van der Waals surface area (Å²) in [5, 5.41) is 31.5. The van der Waals surface area contributed by atoms with Gasteiger partial charge in [-0.3, -0.25) is 14.4 Å². The van der Waals surface area contributed by atoms with Crippen molar-refractivity contribution in [1.82, 2.24) is 15.5 Å². The quantitative estimate of drug-likeness (QED) is 0.482. The molecule has 1 amide bonds. The third kappa shape index (κ3) is 10.0. The Morgan fingerprint density at radius 2 is 1.64 bits per heavy atom. The number of piperidine rings is 1. The van der Waals surface area contributed by atoms with E-state index in [1.165, 1.54) is 0 Å². The molecule has 1 saturated heterocycles. The summed E-state index contributed by atoms with van der Waals surface area (Å²) in [4.78, 5) is 32.0. The Hall–Kier alpha value is -2.49. The SMILES string of the molecule is CC(=O)O.CC(=O)O.CN(C)CC(=O)N[C@]1(c2ccccc2)CCNC[C@H]1O. The maximum Gasteiger partial charge on any atom is 0.300 e. The molecule has 0 saturated carbocycles. The Balaban J connectivity index is 0.000000776. The van der Waals surface area contributed by atoms with E-state index in [1.807, 2.05) is 49.3 Å².